The number of benzene rings is 1. The summed E-state index contributed by atoms with van der Waals surface area (Å²) in [6.45, 7) is 13.5. The van der Waals surface area contributed by atoms with Crippen molar-refractivity contribution in [1.82, 2.24) is 14.6 Å². The van der Waals surface area contributed by atoms with Crippen LogP contribution < -0.4 is 0 Å². The highest BCUT2D eigenvalue weighted by atomic mass is 35.5. The van der Waals surface area contributed by atoms with Gasteiger partial charge in [0.15, 0.2) is 0 Å². The van der Waals surface area contributed by atoms with Gasteiger partial charge in [0.05, 0.1) is 10.0 Å². The molecule has 1 aromatic carbocycles. The van der Waals surface area contributed by atoms with Crippen LogP contribution >= 0.6 is 23.2 Å². The van der Waals surface area contributed by atoms with Crippen molar-refractivity contribution in [3.63, 3.8) is 0 Å². The first kappa shape index (κ1) is 24.8. The van der Waals surface area contributed by atoms with E-state index in [4.69, 9.17) is 23.2 Å². The molecule has 2 saturated heterocycles. The van der Waals surface area contributed by atoms with Crippen LogP contribution in [0.3, 0.4) is 0 Å². The van der Waals surface area contributed by atoms with Crippen molar-refractivity contribution >= 4 is 36.2 Å². The van der Waals surface area contributed by atoms with E-state index in [0.717, 1.165) is 57.7 Å². The zero-order chi connectivity index (χ0) is 22.8. The molecule has 1 atom stereocenters. The van der Waals surface area contributed by atoms with Crippen molar-refractivity contribution < 1.29 is 9.82 Å². The van der Waals surface area contributed by atoms with Gasteiger partial charge in [0.2, 0.25) is 5.91 Å². The van der Waals surface area contributed by atoms with Crippen LogP contribution in [0.1, 0.15) is 45.6 Å². The Labute approximate surface area is 197 Å². The third-order valence-electron chi connectivity index (χ3n) is 6.82. The third kappa shape index (κ3) is 6.61. The summed E-state index contributed by atoms with van der Waals surface area (Å²) in [6, 6.07) is 5.99. The Bertz CT molecular complexity index is 764. The first-order valence-corrected chi connectivity index (χ1v) is 12.2. The molecule has 0 aromatic heterocycles. The standard InChI is InChI=1S/C23H36BCl2N3O2/c1-23(2,3)21-16-27(15-18-5-6-19(25)20(26)13-18)11-12-29(21)22(30)14-17-7-9-28(10-8-17)24(4)31/h5-6,13,17,21,31H,7-12,14-16H2,1-4H3/t21-/m1/s1. The summed E-state index contributed by atoms with van der Waals surface area (Å²) >= 11 is 12.3. The summed E-state index contributed by atoms with van der Waals surface area (Å²) < 4.78 is 0. The van der Waals surface area contributed by atoms with E-state index < -0.39 is 7.05 Å². The van der Waals surface area contributed by atoms with Gasteiger partial charge in [-0.25, -0.2) is 0 Å². The van der Waals surface area contributed by atoms with Crippen LogP contribution in [0.5, 0.6) is 0 Å². The molecule has 31 heavy (non-hydrogen) atoms. The summed E-state index contributed by atoms with van der Waals surface area (Å²) in [5.41, 5.74) is 1.15. The molecular formula is C23H36BCl2N3O2. The molecule has 2 aliphatic rings. The fourth-order valence-corrected chi connectivity index (χ4v) is 5.13. The predicted octanol–water partition coefficient (Wildman–Crippen LogP) is 4.26. The van der Waals surface area contributed by atoms with E-state index in [1.54, 1.807) is 0 Å². The van der Waals surface area contributed by atoms with Gasteiger partial charge in [0.25, 0.3) is 0 Å². The highest BCUT2D eigenvalue weighted by Gasteiger charge is 2.38. The second-order valence-corrected chi connectivity index (χ2v) is 11.1. The van der Waals surface area contributed by atoms with Crippen molar-refractivity contribution in [2.45, 2.75) is 59.4 Å². The zero-order valence-corrected chi connectivity index (χ0v) is 20.8. The van der Waals surface area contributed by atoms with Gasteiger partial charge in [0.1, 0.15) is 0 Å². The molecular weight excluding hydrogens is 432 g/mol. The van der Waals surface area contributed by atoms with Crippen molar-refractivity contribution in [3.05, 3.63) is 33.8 Å². The van der Waals surface area contributed by atoms with Gasteiger partial charge in [-0.3, -0.25) is 9.69 Å². The lowest BCUT2D eigenvalue weighted by Crippen LogP contribution is -2.59. The van der Waals surface area contributed by atoms with E-state index in [-0.39, 0.29) is 17.4 Å². The average molecular weight is 468 g/mol. The molecule has 5 nitrogen and oxygen atoms in total. The Morgan fingerprint density at radius 2 is 1.81 bits per heavy atom. The monoisotopic (exact) mass is 467 g/mol. The Morgan fingerprint density at radius 1 is 1.13 bits per heavy atom. The van der Waals surface area contributed by atoms with Gasteiger partial charge in [-0.1, -0.05) is 50.0 Å². The normalized spacial score (nSPS) is 22.0. The number of amides is 1. The van der Waals surface area contributed by atoms with Crippen molar-refractivity contribution in [2.24, 2.45) is 11.3 Å². The van der Waals surface area contributed by atoms with E-state index in [2.05, 4.69) is 35.4 Å². The summed E-state index contributed by atoms with van der Waals surface area (Å²) in [6.07, 6.45) is 2.58. The largest absolute Gasteiger partial charge is 0.437 e. The summed E-state index contributed by atoms with van der Waals surface area (Å²) in [5.74, 6) is 0.696. The minimum absolute atomic E-state index is 0.00164. The van der Waals surface area contributed by atoms with Crippen LogP contribution in [0.4, 0.5) is 0 Å². The lowest BCUT2D eigenvalue weighted by molar-refractivity contribution is -0.141. The number of halogens is 2. The number of carbonyl (C=O) groups excluding carboxylic acids is 1. The average Bonchev–Trinajstić information content (AvgIpc) is 2.70. The quantitative estimate of drug-likeness (QED) is 0.657. The molecule has 1 aromatic rings. The minimum atomic E-state index is -0.398. The number of rotatable bonds is 5. The number of piperidine rings is 1. The van der Waals surface area contributed by atoms with Crippen LogP contribution in [0.15, 0.2) is 18.2 Å². The smallest absolute Gasteiger partial charge is 0.376 e. The number of hydrogen-bond acceptors (Lipinski definition) is 4. The fraction of sp³-hybridized carbons (Fsp3) is 0.696. The number of carbonyl (C=O) groups is 1. The van der Waals surface area contributed by atoms with Crippen LogP contribution in [0, 0.1) is 11.3 Å². The van der Waals surface area contributed by atoms with Crippen molar-refractivity contribution in [3.8, 4) is 0 Å². The molecule has 1 N–H and O–H groups in total. The van der Waals surface area contributed by atoms with Crippen LogP contribution in [0.2, 0.25) is 16.9 Å². The van der Waals surface area contributed by atoms with Crippen molar-refractivity contribution in [1.29, 1.82) is 0 Å². The molecule has 0 saturated carbocycles. The molecule has 0 unspecified atom stereocenters. The minimum Gasteiger partial charge on any atom is -0.437 e. The highest BCUT2D eigenvalue weighted by Crippen LogP contribution is 2.31. The second-order valence-electron chi connectivity index (χ2n) is 10.3. The van der Waals surface area contributed by atoms with E-state index in [9.17, 15) is 9.82 Å². The van der Waals surface area contributed by atoms with Crippen LogP contribution in [-0.2, 0) is 11.3 Å². The highest BCUT2D eigenvalue weighted by molar-refractivity contribution is 6.45. The van der Waals surface area contributed by atoms with Gasteiger partial charge in [-0.2, -0.15) is 0 Å². The molecule has 1 amide bonds. The molecule has 8 heteroatoms. The first-order chi connectivity index (χ1) is 14.5. The zero-order valence-electron chi connectivity index (χ0n) is 19.3. The van der Waals surface area contributed by atoms with Crippen molar-refractivity contribution in [2.75, 3.05) is 32.7 Å². The van der Waals surface area contributed by atoms with E-state index in [1.807, 2.05) is 25.0 Å². The fourth-order valence-electron chi connectivity index (χ4n) is 4.81. The number of hydrogen-bond donors (Lipinski definition) is 1. The van der Waals surface area contributed by atoms with E-state index in [0.29, 0.717) is 22.4 Å². The molecule has 0 bridgehead atoms. The topological polar surface area (TPSA) is 47.0 Å². The lowest BCUT2D eigenvalue weighted by atomic mass is 9.80. The van der Waals surface area contributed by atoms with Gasteiger partial charge in [-0.15, -0.1) is 0 Å². The van der Waals surface area contributed by atoms with Gasteiger partial charge >= 0.3 is 7.05 Å². The Kier molecular flexibility index (Phi) is 8.36. The molecule has 0 aliphatic carbocycles. The molecule has 0 spiro atoms. The SMILES string of the molecule is CB(O)N1CCC(CC(=O)N2CCN(Cc3ccc(Cl)c(Cl)c3)C[C@@H]2C(C)(C)C)CC1. The molecule has 172 valence electrons. The first-order valence-electron chi connectivity index (χ1n) is 11.4. The summed E-state index contributed by atoms with van der Waals surface area (Å²) in [7, 11) is -0.398. The van der Waals surface area contributed by atoms with Gasteiger partial charge < -0.3 is 14.7 Å². The third-order valence-corrected chi connectivity index (χ3v) is 7.55. The van der Waals surface area contributed by atoms with Gasteiger partial charge in [0, 0.05) is 38.6 Å². The maximum atomic E-state index is 13.3. The maximum Gasteiger partial charge on any atom is 0.376 e. The molecule has 0 radical (unpaired) electrons. The summed E-state index contributed by atoms with van der Waals surface area (Å²) in [4.78, 5) is 19.9. The molecule has 2 heterocycles. The number of piperazine rings is 1. The van der Waals surface area contributed by atoms with E-state index in [1.165, 1.54) is 0 Å². The Balaban J connectivity index is 1.61. The Morgan fingerprint density at radius 3 is 2.39 bits per heavy atom. The second kappa shape index (κ2) is 10.4. The Hall–Kier alpha value is -0.785. The maximum absolute atomic E-state index is 13.3. The lowest BCUT2D eigenvalue weighted by Gasteiger charge is -2.48. The van der Waals surface area contributed by atoms with E-state index >= 15 is 0 Å². The molecule has 3 rings (SSSR count). The predicted molar refractivity (Wildman–Crippen MR) is 129 cm³/mol. The number of nitrogens with zero attached hydrogens (tertiary/aromatic N) is 3. The van der Waals surface area contributed by atoms with Crippen LogP contribution in [-0.4, -0.2) is 71.4 Å². The van der Waals surface area contributed by atoms with Crippen LogP contribution in [0.25, 0.3) is 0 Å². The molecule has 2 fully saturated rings. The molecule has 2 aliphatic heterocycles. The van der Waals surface area contributed by atoms with Gasteiger partial charge in [-0.05, 0) is 61.8 Å². The summed E-state index contributed by atoms with van der Waals surface area (Å²) in [5, 5.41) is 10.9.